The minimum absolute atomic E-state index is 0.00504. The zero-order chi connectivity index (χ0) is 26.3. The van der Waals surface area contributed by atoms with Crippen molar-refractivity contribution in [2.45, 2.75) is 50.1 Å². The molecule has 2 aromatic heterocycles. The van der Waals surface area contributed by atoms with Crippen molar-refractivity contribution in [1.29, 1.82) is 0 Å². The molecule has 0 spiro atoms. The molecular formula is C22H25F6N5O3. The third-order valence-electron chi connectivity index (χ3n) is 5.62. The van der Waals surface area contributed by atoms with Crippen LogP contribution >= 0.6 is 0 Å². The smallest absolute Gasteiger partial charge is 0.421 e. The summed E-state index contributed by atoms with van der Waals surface area (Å²) in [5.74, 6) is -1.09. The standard InChI is InChI=1S/C22H25F6N5O3/c1-35-19-16(22(26,27)28)9-13(10-31-19)15-3-2-4-17(15)36-8-5-18(34)29-6-7-30-20-32-11-14(12-33-20)21(23,24)25/h9-12,15,17H,2-8H2,1H3,(H,29,34)(H,30,32,33)/t15?,17-/m1/s1. The lowest BCUT2D eigenvalue weighted by Gasteiger charge is -2.22. The van der Waals surface area contributed by atoms with Crippen molar-refractivity contribution in [3.05, 3.63) is 41.3 Å². The molecule has 14 heteroatoms. The van der Waals surface area contributed by atoms with E-state index in [9.17, 15) is 31.1 Å². The van der Waals surface area contributed by atoms with E-state index in [1.54, 1.807) is 0 Å². The molecule has 8 nitrogen and oxygen atoms in total. The molecule has 2 atom stereocenters. The summed E-state index contributed by atoms with van der Waals surface area (Å²) in [5, 5.41) is 5.32. The van der Waals surface area contributed by atoms with Crippen molar-refractivity contribution in [1.82, 2.24) is 20.3 Å². The summed E-state index contributed by atoms with van der Waals surface area (Å²) >= 11 is 0. The van der Waals surface area contributed by atoms with Crippen molar-refractivity contribution >= 4 is 11.9 Å². The first-order valence-electron chi connectivity index (χ1n) is 11.1. The molecule has 2 N–H and O–H groups in total. The van der Waals surface area contributed by atoms with Crippen LogP contribution in [0, 0.1) is 0 Å². The first-order valence-corrected chi connectivity index (χ1v) is 11.1. The van der Waals surface area contributed by atoms with Gasteiger partial charge in [0.1, 0.15) is 5.56 Å². The number of methoxy groups -OCH3 is 1. The number of rotatable bonds is 10. The van der Waals surface area contributed by atoms with Crippen LogP contribution in [0.5, 0.6) is 5.88 Å². The second-order valence-electron chi connectivity index (χ2n) is 8.09. The molecule has 1 aliphatic rings. The van der Waals surface area contributed by atoms with Gasteiger partial charge in [-0.15, -0.1) is 0 Å². The fraction of sp³-hybridized carbons (Fsp3) is 0.545. The Balaban J connectivity index is 1.41. The van der Waals surface area contributed by atoms with Crippen LogP contribution in [0.4, 0.5) is 32.3 Å². The van der Waals surface area contributed by atoms with Gasteiger partial charge < -0.3 is 20.1 Å². The highest BCUT2D eigenvalue weighted by molar-refractivity contribution is 5.75. The minimum Gasteiger partial charge on any atom is -0.481 e. The highest BCUT2D eigenvalue weighted by Crippen LogP contribution is 2.41. The first-order chi connectivity index (χ1) is 17.0. The Morgan fingerprint density at radius 3 is 2.39 bits per heavy atom. The number of aromatic nitrogens is 3. The number of pyridine rings is 1. The number of carbonyl (C=O) groups excluding carboxylic acids is 1. The van der Waals surface area contributed by atoms with Gasteiger partial charge in [-0.05, 0) is 24.5 Å². The summed E-state index contributed by atoms with van der Waals surface area (Å²) in [4.78, 5) is 23.0. The summed E-state index contributed by atoms with van der Waals surface area (Å²) in [7, 11) is 1.13. The summed E-state index contributed by atoms with van der Waals surface area (Å²) in [6, 6.07) is 1.04. The summed E-state index contributed by atoms with van der Waals surface area (Å²) in [6.07, 6.45) is -4.69. The molecule has 0 aromatic carbocycles. The molecule has 0 radical (unpaired) electrons. The molecule has 1 saturated carbocycles. The zero-order valence-corrected chi connectivity index (χ0v) is 19.2. The van der Waals surface area contributed by atoms with Crippen molar-refractivity contribution < 1.29 is 40.6 Å². The maximum absolute atomic E-state index is 13.3. The molecule has 1 aliphatic carbocycles. The van der Waals surface area contributed by atoms with Gasteiger partial charge in [0.15, 0.2) is 0 Å². The molecule has 2 aromatic rings. The number of hydrogen-bond donors (Lipinski definition) is 2. The van der Waals surface area contributed by atoms with Crippen LogP contribution in [-0.2, 0) is 21.9 Å². The fourth-order valence-corrected chi connectivity index (χ4v) is 3.88. The Kier molecular flexibility index (Phi) is 8.93. The highest BCUT2D eigenvalue weighted by Gasteiger charge is 2.38. The molecule has 0 aliphatic heterocycles. The van der Waals surface area contributed by atoms with Crippen molar-refractivity contribution in [2.24, 2.45) is 0 Å². The Morgan fingerprint density at radius 1 is 1.03 bits per heavy atom. The Hall–Kier alpha value is -3.16. The summed E-state index contributed by atoms with van der Waals surface area (Å²) in [5.41, 5.74) is -1.50. The largest absolute Gasteiger partial charge is 0.481 e. The van der Waals surface area contributed by atoms with Gasteiger partial charge in [-0.2, -0.15) is 26.3 Å². The summed E-state index contributed by atoms with van der Waals surface area (Å²) < 4.78 is 88.0. The Bertz CT molecular complexity index is 1020. The van der Waals surface area contributed by atoms with E-state index in [2.05, 4.69) is 25.6 Å². The molecule has 198 valence electrons. The number of hydrogen-bond acceptors (Lipinski definition) is 7. The number of ether oxygens (including phenoxy) is 2. The molecular weight excluding hydrogens is 496 g/mol. The molecule has 0 saturated heterocycles. The number of nitrogens with one attached hydrogen (secondary N) is 2. The van der Waals surface area contributed by atoms with Gasteiger partial charge in [0.25, 0.3) is 0 Å². The molecule has 1 fully saturated rings. The molecule has 2 heterocycles. The van der Waals surface area contributed by atoms with Crippen molar-refractivity contribution in [3.8, 4) is 5.88 Å². The van der Waals surface area contributed by atoms with Crippen LogP contribution in [-0.4, -0.2) is 53.8 Å². The van der Waals surface area contributed by atoms with E-state index in [1.165, 1.54) is 6.20 Å². The first kappa shape index (κ1) is 27.4. The van der Waals surface area contributed by atoms with Crippen molar-refractivity contribution in [3.63, 3.8) is 0 Å². The van der Waals surface area contributed by atoms with Crippen LogP contribution in [0.2, 0.25) is 0 Å². The topological polar surface area (TPSA) is 98.3 Å². The van der Waals surface area contributed by atoms with Gasteiger partial charge in [0, 0.05) is 44.0 Å². The monoisotopic (exact) mass is 521 g/mol. The average Bonchev–Trinajstić information content (AvgIpc) is 3.29. The quantitative estimate of drug-likeness (QED) is 0.358. The normalized spacial score (nSPS) is 18.2. The van der Waals surface area contributed by atoms with E-state index >= 15 is 0 Å². The number of alkyl halides is 6. The van der Waals surface area contributed by atoms with Crippen LogP contribution < -0.4 is 15.4 Å². The van der Waals surface area contributed by atoms with Gasteiger partial charge in [0.2, 0.25) is 17.7 Å². The molecule has 1 unspecified atom stereocenters. The van der Waals surface area contributed by atoms with Crippen LogP contribution in [0.15, 0.2) is 24.7 Å². The maximum atomic E-state index is 13.3. The minimum atomic E-state index is -4.60. The lowest BCUT2D eigenvalue weighted by molar-refractivity contribution is -0.139. The van der Waals surface area contributed by atoms with Gasteiger partial charge in [-0.25, -0.2) is 15.0 Å². The zero-order valence-electron chi connectivity index (χ0n) is 19.2. The lowest BCUT2D eigenvalue weighted by atomic mass is 9.96. The van der Waals surface area contributed by atoms with Gasteiger partial charge >= 0.3 is 12.4 Å². The van der Waals surface area contributed by atoms with Gasteiger partial charge in [-0.3, -0.25) is 4.79 Å². The fourth-order valence-electron chi connectivity index (χ4n) is 3.88. The van der Waals surface area contributed by atoms with E-state index in [4.69, 9.17) is 9.47 Å². The predicted molar refractivity (Wildman–Crippen MR) is 115 cm³/mol. The third-order valence-corrected chi connectivity index (χ3v) is 5.62. The number of amides is 1. The maximum Gasteiger partial charge on any atom is 0.421 e. The predicted octanol–water partition coefficient (Wildman–Crippen LogP) is 4.19. The number of nitrogens with zero attached hydrogens (tertiary/aromatic N) is 3. The lowest BCUT2D eigenvalue weighted by Crippen LogP contribution is -2.30. The molecule has 0 bridgehead atoms. The average molecular weight is 521 g/mol. The second kappa shape index (κ2) is 11.7. The van der Waals surface area contributed by atoms with Gasteiger partial charge in [-0.1, -0.05) is 6.42 Å². The third kappa shape index (κ3) is 7.42. The van der Waals surface area contributed by atoms with E-state index in [0.717, 1.165) is 19.6 Å². The molecule has 3 rings (SSSR count). The van der Waals surface area contributed by atoms with E-state index in [0.29, 0.717) is 30.8 Å². The van der Waals surface area contributed by atoms with E-state index < -0.39 is 29.4 Å². The number of halogens is 6. The van der Waals surface area contributed by atoms with E-state index in [1.807, 2.05) is 0 Å². The van der Waals surface area contributed by atoms with E-state index in [-0.39, 0.29) is 50.0 Å². The number of anilines is 1. The Morgan fingerprint density at radius 2 is 1.75 bits per heavy atom. The Labute approximate surface area is 202 Å². The van der Waals surface area contributed by atoms with Crippen LogP contribution in [0.1, 0.15) is 48.3 Å². The number of carbonyl (C=O) groups is 1. The van der Waals surface area contributed by atoms with Crippen LogP contribution in [0.25, 0.3) is 0 Å². The van der Waals surface area contributed by atoms with Gasteiger partial charge in [0.05, 0.1) is 25.4 Å². The van der Waals surface area contributed by atoms with Crippen LogP contribution in [0.3, 0.4) is 0 Å². The summed E-state index contributed by atoms with van der Waals surface area (Å²) in [6.45, 7) is 0.444. The second-order valence-corrected chi connectivity index (χ2v) is 8.09. The van der Waals surface area contributed by atoms with Crippen molar-refractivity contribution in [2.75, 3.05) is 32.1 Å². The molecule has 36 heavy (non-hydrogen) atoms. The SMILES string of the molecule is COc1ncc(C2CCC[C@H]2OCCC(=O)NCCNc2ncc(C(F)(F)F)cn2)cc1C(F)(F)F. The molecule has 1 amide bonds. The highest BCUT2D eigenvalue weighted by atomic mass is 19.4.